The van der Waals surface area contributed by atoms with Crippen LogP contribution in [0.1, 0.15) is 25.0 Å². The first-order chi connectivity index (χ1) is 14.6. The molecule has 30 heavy (non-hydrogen) atoms. The van der Waals surface area contributed by atoms with Crippen molar-refractivity contribution in [1.82, 2.24) is 19.5 Å². The number of fused-ring (bicyclic) bond motifs is 2. The molecule has 0 radical (unpaired) electrons. The van der Waals surface area contributed by atoms with E-state index in [1.807, 2.05) is 30.3 Å². The molecule has 1 atom stereocenters. The molecule has 0 fully saturated rings. The van der Waals surface area contributed by atoms with Crippen molar-refractivity contribution in [1.29, 1.82) is 0 Å². The maximum Gasteiger partial charge on any atom is 0.264 e. The standard InChI is InChI=1S/C23H21N5OS/c1-3-15-8-10-17(11-9-15)27-13-24-20-19(22(27)30)21(29)26-23(25-20)28-14(2)12-16-6-4-5-7-18(16)28/h4-11,13-14H,3,12H2,1-2H3,(H,25,26,29). The number of para-hydroxylation sites is 1. The Hall–Kier alpha value is -3.32. The molecule has 1 N–H and O–H groups in total. The van der Waals surface area contributed by atoms with Gasteiger partial charge in [-0.1, -0.05) is 49.5 Å². The van der Waals surface area contributed by atoms with Gasteiger partial charge < -0.3 is 4.90 Å². The number of rotatable bonds is 3. The van der Waals surface area contributed by atoms with Crippen molar-refractivity contribution in [3.8, 4) is 5.69 Å². The minimum Gasteiger partial charge on any atom is -0.309 e. The predicted octanol–water partition coefficient (Wildman–Crippen LogP) is 4.48. The molecule has 1 unspecified atom stereocenters. The Morgan fingerprint density at radius 1 is 1.17 bits per heavy atom. The third-order valence-electron chi connectivity index (χ3n) is 5.67. The summed E-state index contributed by atoms with van der Waals surface area (Å²) in [6, 6.07) is 16.5. The minimum atomic E-state index is -0.274. The lowest BCUT2D eigenvalue weighted by Gasteiger charge is -2.23. The Balaban J connectivity index is 1.64. The number of hydrogen-bond acceptors (Lipinski definition) is 5. The van der Waals surface area contributed by atoms with Crippen molar-refractivity contribution in [3.05, 3.63) is 81.0 Å². The van der Waals surface area contributed by atoms with Crippen LogP contribution in [0.4, 0.5) is 11.6 Å². The Morgan fingerprint density at radius 3 is 2.70 bits per heavy atom. The lowest BCUT2D eigenvalue weighted by molar-refractivity contribution is 0.739. The lowest BCUT2D eigenvalue weighted by Crippen LogP contribution is -2.28. The molecule has 5 rings (SSSR count). The van der Waals surface area contributed by atoms with Crippen molar-refractivity contribution in [2.45, 2.75) is 32.7 Å². The van der Waals surface area contributed by atoms with Gasteiger partial charge in [-0.25, -0.2) is 4.98 Å². The molecule has 6 nitrogen and oxygen atoms in total. The van der Waals surface area contributed by atoms with Gasteiger partial charge in [-0.3, -0.25) is 14.3 Å². The van der Waals surface area contributed by atoms with Crippen LogP contribution in [0.3, 0.4) is 0 Å². The average molecular weight is 416 g/mol. The van der Waals surface area contributed by atoms with Crippen LogP contribution in [0.2, 0.25) is 0 Å². The number of H-pyrrole nitrogens is 1. The Bertz CT molecular complexity index is 1370. The zero-order chi connectivity index (χ0) is 20.8. The molecule has 0 aliphatic carbocycles. The van der Waals surface area contributed by atoms with Crippen molar-refractivity contribution in [2.75, 3.05) is 4.90 Å². The second-order valence-corrected chi connectivity index (χ2v) is 7.97. The minimum absolute atomic E-state index is 0.191. The molecule has 0 spiro atoms. The van der Waals surface area contributed by atoms with Crippen LogP contribution in [0.25, 0.3) is 16.7 Å². The summed E-state index contributed by atoms with van der Waals surface area (Å²) in [5.41, 5.74) is 4.50. The Kier molecular flexibility index (Phi) is 4.47. The smallest absolute Gasteiger partial charge is 0.264 e. The molecule has 0 saturated carbocycles. The number of hydrogen-bond donors (Lipinski definition) is 1. The summed E-state index contributed by atoms with van der Waals surface area (Å²) in [5, 5.41) is 0.330. The molecule has 3 heterocycles. The fourth-order valence-electron chi connectivity index (χ4n) is 4.10. The van der Waals surface area contributed by atoms with Crippen molar-refractivity contribution in [3.63, 3.8) is 0 Å². The number of benzene rings is 2. The maximum absolute atomic E-state index is 13.0. The van der Waals surface area contributed by atoms with Gasteiger partial charge in [0.15, 0.2) is 5.65 Å². The average Bonchev–Trinajstić information content (AvgIpc) is 3.09. The van der Waals surface area contributed by atoms with E-state index < -0.39 is 0 Å². The summed E-state index contributed by atoms with van der Waals surface area (Å²) in [4.78, 5) is 27.2. The highest BCUT2D eigenvalue weighted by atomic mass is 32.1. The number of aromatic amines is 1. The predicted molar refractivity (Wildman–Crippen MR) is 121 cm³/mol. The summed E-state index contributed by atoms with van der Waals surface area (Å²) in [6.45, 7) is 4.23. The number of aryl methyl sites for hydroxylation is 1. The molecule has 2 aromatic heterocycles. The van der Waals surface area contributed by atoms with Gasteiger partial charge in [0.2, 0.25) is 5.95 Å². The number of anilines is 2. The normalized spacial score (nSPS) is 15.5. The number of nitrogens with zero attached hydrogens (tertiary/aromatic N) is 4. The third kappa shape index (κ3) is 2.93. The molecule has 1 aliphatic rings. The molecule has 0 amide bonds. The van der Waals surface area contributed by atoms with Crippen LogP contribution in [0.15, 0.2) is 59.7 Å². The molecule has 0 bridgehead atoms. The van der Waals surface area contributed by atoms with Crippen LogP contribution in [0, 0.1) is 4.64 Å². The van der Waals surface area contributed by atoms with Gasteiger partial charge >= 0.3 is 0 Å². The quantitative estimate of drug-likeness (QED) is 0.500. The zero-order valence-electron chi connectivity index (χ0n) is 16.8. The molecule has 7 heteroatoms. The van der Waals surface area contributed by atoms with E-state index in [0.29, 0.717) is 21.6 Å². The van der Waals surface area contributed by atoms with Gasteiger partial charge in [0.25, 0.3) is 5.56 Å². The van der Waals surface area contributed by atoms with Crippen LogP contribution in [-0.2, 0) is 12.8 Å². The van der Waals surface area contributed by atoms with Crippen LogP contribution >= 0.6 is 12.2 Å². The molecule has 0 saturated heterocycles. The van der Waals surface area contributed by atoms with Crippen molar-refractivity contribution < 1.29 is 0 Å². The molecule has 150 valence electrons. The highest BCUT2D eigenvalue weighted by molar-refractivity contribution is 7.71. The van der Waals surface area contributed by atoms with Gasteiger partial charge in [0.1, 0.15) is 16.4 Å². The second-order valence-electron chi connectivity index (χ2n) is 7.58. The van der Waals surface area contributed by atoms with E-state index in [2.05, 4.69) is 51.9 Å². The summed E-state index contributed by atoms with van der Waals surface area (Å²) >= 11 is 5.64. The summed E-state index contributed by atoms with van der Waals surface area (Å²) in [5.74, 6) is 0.497. The molecular formula is C23H21N5OS. The Morgan fingerprint density at radius 2 is 1.93 bits per heavy atom. The van der Waals surface area contributed by atoms with Crippen LogP contribution in [0.5, 0.6) is 0 Å². The fraction of sp³-hybridized carbons (Fsp3) is 0.217. The van der Waals surface area contributed by atoms with E-state index in [-0.39, 0.29) is 11.6 Å². The maximum atomic E-state index is 13.0. The number of aromatic nitrogens is 4. The van der Waals surface area contributed by atoms with E-state index in [0.717, 1.165) is 24.2 Å². The van der Waals surface area contributed by atoms with E-state index in [1.54, 1.807) is 10.9 Å². The van der Waals surface area contributed by atoms with Gasteiger partial charge in [-0.2, -0.15) is 4.98 Å². The monoisotopic (exact) mass is 415 g/mol. The number of nitrogens with one attached hydrogen (secondary N) is 1. The first-order valence-corrected chi connectivity index (χ1v) is 10.5. The van der Waals surface area contributed by atoms with Gasteiger partial charge in [0, 0.05) is 17.4 Å². The van der Waals surface area contributed by atoms with Crippen molar-refractivity contribution in [2.24, 2.45) is 0 Å². The zero-order valence-corrected chi connectivity index (χ0v) is 17.6. The lowest BCUT2D eigenvalue weighted by atomic mass is 10.1. The highest BCUT2D eigenvalue weighted by Gasteiger charge is 2.29. The van der Waals surface area contributed by atoms with E-state index in [1.165, 1.54) is 11.1 Å². The summed E-state index contributed by atoms with van der Waals surface area (Å²) in [6.07, 6.45) is 3.51. The third-order valence-corrected chi connectivity index (χ3v) is 6.07. The van der Waals surface area contributed by atoms with Crippen LogP contribution < -0.4 is 10.5 Å². The summed E-state index contributed by atoms with van der Waals surface area (Å²) < 4.78 is 2.15. The highest BCUT2D eigenvalue weighted by Crippen LogP contribution is 2.36. The Labute approximate surface area is 178 Å². The first kappa shape index (κ1) is 18.7. The summed E-state index contributed by atoms with van der Waals surface area (Å²) in [7, 11) is 0. The van der Waals surface area contributed by atoms with Gasteiger partial charge in [0.05, 0.1) is 0 Å². The SMILES string of the molecule is CCc1ccc(-n2cnc3nc(N4c5ccccc5CC4C)[nH]c(=O)c3c2=S)cc1. The van der Waals surface area contributed by atoms with E-state index >= 15 is 0 Å². The van der Waals surface area contributed by atoms with E-state index in [4.69, 9.17) is 12.2 Å². The first-order valence-electron chi connectivity index (χ1n) is 10.0. The van der Waals surface area contributed by atoms with Gasteiger partial charge in [-0.15, -0.1) is 0 Å². The second kappa shape index (κ2) is 7.18. The van der Waals surface area contributed by atoms with Crippen molar-refractivity contribution >= 4 is 34.9 Å². The molecular weight excluding hydrogens is 394 g/mol. The fourth-order valence-corrected chi connectivity index (χ4v) is 4.44. The van der Waals surface area contributed by atoms with E-state index in [9.17, 15) is 4.79 Å². The topological polar surface area (TPSA) is 66.8 Å². The largest absolute Gasteiger partial charge is 0.309 e. The van der Waals surface area contributed by atoms with Gasteiger partial charge in [-0.05, 0) is 49.1 Å². The molecule has 4 aromatic rings. The van der Waals surface area contributed by atoms with Crippen LogP contribution in [-0.4, -0.2) is 25.6 Å². The molecule has 1 aliphatic heterocycles. The molecule has 2 aromatic carbocycles.